The third-order valence-corrected chi connectivity index (χ3v) is 5.10. The van der Waals surface area contributed by atoms with Crippen molar-refractivity contribution >= 4 is 17.4 Å². The molecule has 240 valence electrons. The molecule has 4 N–H and O–H groups in total. The summed E-state index contributed by atoms with van der Waals surface area (Å²) in [7, 11) is 0. The largest absolute Gasteiger partial charge is 0.461 e. The van der Waals surface area contributed by atoms with Gasteiger partial charge in [-0.25, -0.2) is 5.48 Å². The number of ether oxygens (including phenoxy) is 2. The molecule has 0 atom stereocenters. The Balaban J connectivity index is 0. The van der Waals surface area contributed by atoms with Crippen LogP contribution < -0.4 is 21.4 Å². The molecule has 0 radical (unpaired) electrons. The number of Topliss-reactive ketones (excluding diaryl/α,β-unsaturated/α-hetero) is 1. The summed E-state index contributed by atoms with van der Waals surface area (Å²) in [6, 6.07) is 9.28. The topological polar surface area (TPSA) is 110 Å². The molecule has 0 aliphatic rings. The molecule has 0 aliphatic carbocycles. The fourth-order valence-corrected chi connectivity index (χ4v) is 2.74. The molecule has 0 amide bonds. The number of rotatable bonds is 18. The van der Waals surface area contributed by atoms with E-state index < -0.39 is 0 Å². The summed E-state index contributed by atoms with van der Waals surface area (Å²) >= 11 is 0. The van der Waals surface area contributed by atoms with Gasteiger partial charge < -0.3 is 30.3 Å². The normalized spacial score (nSPS) is 11.1. The zero-order chi connectivity index (χ0) is 31.8. The lowest BCUT2D eigenvalue weighted by Crippen LogP contribution is -2.31. The maximum absolute atomic E-state index is 11.3. The van der Waals surface area contributed by atoms with Gasteiger partial charge in [0.25, 0.3) is 0 Å². The van der Waals surface area contributed by atoms with E-state index in [1.807, 2.05) is 79.7 Å². The molecule has 0 aliphatic heterocycles. The molecule has 1 aromatic rings. The van der Waals surface area contributed by atoms with E-state index in [-0.39, 0.29) is 23.6 Å². The molecule has 0 saturated heterocycles. The first kappa shape index (κ1) is 41.1. The molecule has 9 nitrogen and oxygen atoms in total. The SMILES string of the molecule is CC(C)NCC(=O)C(C)C.CC(C)NCCONCCOC(C)C.CC(C)Nc1ccc(COC(=O)C(C)C)cc1. The lowest BCUT2D eigenvalue weighted by molar-refractivity contribution is -0.148. The smallest absolute Gasteiger partial charge is 0.308 e. The first-order valence-corrected chi connectivity index (χ1v) is 15.1. The van der Waals surface area contributed by atoms with Crippen LogP contribution in [0.1, 0.15) is 88.6 Å². The highest BCUT2D eigenvalue weighted by Gasteiger charge is 2.08. The van der Waals surface area contributed by atoms with Gasteiger partial charge in [-0.2, -0.15) is 0 Å². The second kappa shape index (κ2) is 25.7. The van der Waals surface area contributed by atoms with E-state index in [2.05, 4.69) is 49.1 Å². The number of carbonyl (C=O) groups is 2. The monoisotopic (exact) mass is 582 g/mol. The molecule has 9 heteroatoms. The third-order valence-electron chi connectivity index (χ3n) is 5.10. The highest BCUT2D eigenvalue weighted by molar-refractivity contribution is 5.82. The Bertz CT molecular complexity index is 752. The molecular weight excluding hydrogens is 520 g/mol. The summed E-state index contributed by atoms with van der Waals surface area (Å²) < 4.78 is 10.5. The lowest BCUT2D eigenvalue weighted by Gasteiger charge is -2.11. The number of esters is 1. The van der Waals surface area contributed by atoms with Crippen LogP contribution >= 0.6 is 0 Å². The Morgan fingerprint density at radius 1 is 0.707 bits per heavy atom. The molecule has 0 heterocycles. The van der Waals surface area contributed by atoms with Crippen molar-refractivity contribution in [2.75, 3.05) is 38.2 Å². The summed E-state index contributed by atoms with van der Waals surface area (Å²) in [5.41, 5.74) is 4.94. The number of benzene rings is 1. The van der Waals surface area contributed by atoms with Gasteiger partial charge in [0.2, 0.25) is 0 Å². The molecule has 1 aromatic carbocycles. The number of hydrogen-bond donors (Lipinski definition) is 4. The van der Waals surface area contributed by atoms with Gasteiger partial charge in [0.15, 0.2) is 0 Å². The Hall–Kier alpha value is -2.04. The van der Waals surface area contributed by atoms with Crippen LogP contribution in [0.15, 0.2) is 24.3 Å². The van der Waals surface area contributed by atoms with E-state index in [9.17, 15) is 9.59 Å². The highest BCUT2D eigenvalue weighted by atomic mass is 16.6. The van der Waals surface area contributed by atoms with Crippen LogP contribution in [0, 0.1) is 11.8 Å². The van der Waals surface area contributed by atoms with Crippen molar-refractivity contribution in [3.8, 4) is 0 Å². The van der Waals surface area contributed by atoms with Gasteiger partial charge in [-0.1, -0.05) is 67.5 Å². The molecule has 0 aromatic heterocycles. The predicted molar refractivity (Wildman–Crippen MR) is 171 cm³/mol. The quantitative estimate of drug-likeness (QED) is 0.103. The van der Waals surface area contributed by atoms with Gasteiger partial charge >= 0.3 is 5.97 Å². The van der Waals surface area contributed by atoms with Gasteiger partial charge in [-0.05, 0) is 45.4 Å². The van der Waals surface area contributed by atoms with Crippen LogP contribution in [0.4, 0.5) is 5.69 Å². The van der Waals surface area contributed by atoms with Gasteiger partial charge in [-0.3, -0.25) is 9.59 Å². The van der Waals surface area contributed by atoms with Gasteiger partial charge in [0.05, 0.1) is 31.8 Å². The molecule has 0 unspecified atom stereocenters. The number of anilines is 1. The van der Waals surface area contributed by atoms with E-state index in [0.717, 1.165) is 24.3 Å². The van der Waals surface area contributed by atoms with E-state index in [1.54, 1.807) is 0 Å². The summed E-state index contributed by atoms with van der Waals surface area (Å²) in [6.07, 6.45) is 0.291. The van der Waals surface area contributed by atoms with Crippen LogP contribution in [-0.4, -0.2) is 68.8 Å². The molecule has 0 fully saturated rings. The number of ketones is 1. The lowest BCUT2D eigenvalue weighted by atomic mass is 10.1. The van der Waals surface area contributed by atoms with Gasteiger partial charge in [-0.15, -0.1) is 0 Å². The first-order valence-electron chi connectivity index (χ1n) is 15.1. The van der Waals surface area contributed by atoms with Crippen LogP contribution in [0.25, 0.3) is 0 Å². The third kappa shape index (κ3) is 29.3. The Morgan fingerprint density at radius 3 is 1.76 bits per heavy atom. The molecule has 41 heavy (non-hydrogen) atoms. The molecule has 0 bridgehead atoms. The van der Waals surface area contributed by atoms with E-state index >= 15 is 0 Å². The summed E-state index contributed by atoms with van der Waals surface area (Å²) in [6.45, 7) is 27.9. The minimum Gasteiger partial charge on any atom is -0.461 e. The van der Waals surface area contributed by atoms with Crippen LogP contribution in [0.2, 0.25) is 0 Å². The van der Waals surface area contributed by atoms with Crippen molar-refractivity contribution < 1.29 is 23.9 Å². The fourth-order valence-electron chi connectivity index (χ4n) is 2.74. The molecular formula is C32H62N4O5. The van der Waals surface area contributed by atoms with Crippen molar-refractivity contribution in [2.24, 2.45) is 11.8 Å². The minimum absolute atomic E-state index is 0.0723. The van der Waals surface area contributed by atoms with Crippen molar-refractivity contribution in [3.63, 3.8) is 0 Å². The van der Waals surface area contributed by atoms with E-state index in [0.29, 0.717) is 50.6 Å². The Labute approximate surface area is 251 Å². The zero-order valence-corrected chi connectivity index (χ0v) is 28.1. The van der Waals surface area contributed by atoms with E-state index in [1.165, 1.54) is 0 Å². The molecule has 1 rings (SSSR count). The second-order valence-corrected chi connectivity index (χ2v) is 11.7. The maximum atomic E-state index is 11.3. The highest BCUT2D eigenvalue weighted by Crippen LogP contribution is 2.12. The summed E-state index contributed by atoms with van der Waals surface area (Å²) in [4.78, 5) is 27.5. The molecule has 0 spiro atoms. The maximum Gasteiger partial charge on any atom is 0.308 e. The average molecular weight is 583 g/mol. The van der Waals surface area contributed by atoms with Crippen molar-refractivity contribution in [2.45, 2.75) is 114 Å². The van der Waals surface area contributed by atoms with Crippen LogP contribution in [-0.2, 0) is 30.5 Å². The van der Waals surface area contributed by atoms with Crippen molar-refractivity contribution in [1.29, 1.82) is 0 Å². The summed E-state index contributed by atoms with van der Waals surface area (Å²) in [5, 5.41) is 9.64. The standard InChI is InChI=1S/C14H21NO2.C10H24N2O2.C8H17NO/c1-10(2)14(16)17-9-12-5-7-13(8-6-12)15-11(3)4;1-9(2)11-5-8-14-12-6-7-13-10(3)4;1-6(2)8(10)5-9-7(3)4/h5-8,10-11,15H,9H2,1-4H3;9-12H,5-8H2,1-4H3;6-7,9H,5H2,1-4H3. The minimum atomic E-state index is -0.158. The number of hydroxylamine groups is 1. The Morgan fingerprint density at radius 2 is 1.29 bits per heavy atom. The van der Waals surface area contributed by atoms with E-state index in [4.69, 9.17) is 14.3 Å². The first-order chi connectivity index (χ1) is 19.1. The van der Waals surface area contributed by atoms with Crippen LogP contribution in [0.5, 0.6) is 0 Å². The Kier molecular flexibility index (Phi) is 25.7. The predicted octanol–water partition coefficient (Wildman–Crippen LogP) is 5.35. The van der Waals surface area contributed by atoms with Gasteiger partial charge in [0.1, 0.15) is 12.4 Å². The average Bonchev–Trinajstić information content (AvgIpc) is 2.88. The number of carbonyl (C=O) groups excluding carboxylic acids is 2. The number of nitrogens with one attached hydrogen (secondary N) is 4. The van der Waals surface area contributed by atoms with Crippen LogP contribution in [0.3, 0.4) is 0 Å². The van der Waals surface area contributed by atoms with Crippen molar-refractivity contribution in [1.82, 2.24) is 16.1 Å². The van der Waals surface area contributed by atoms with Crippen molar-refractivity contribution in [3.05, 3.63) is 29.8 Å². The molecule has 0 saturated carbocycles. The summed E-state index contributed by atoms with van der Waals surface area (Å²) in [5.74, 6) is 0.214. The zero-order valence-electron chi connectivity index (χ0n) is 28.1. The fraction of sp³-hybridized carbons (Fsp3) is 0.750. The number of hydrogen-bond acceptors (Lipinski definition) is 9. The van der Waals surface area contributed by atoms with Gasteiger partial charge in [0, 0.05) is 42.8 Å². The second-order valence-electron chi connectivity index (χ2n) is 11.7.